The van der Waals surface area contributed by atoms with Crippen molar-refractivity contribution < 1.29 is 0 Å². The SMILES string of the molecule is CCCCCCNc1ccccc1.Cl.Cl.Cl.Cl. The van der Waals surface area contributed by atoms with Gasteiger partial charge in [0.25, 0.3) is 0 Å². The minimum Gasteiger partial charge on any atom is -0.385 e. The van der Waals surface area contributed by atoms with Crippen LogP contribution in [0.3, 0.4) is 0 Å². The Labute approximate surface area is 130 Å². The Morgan fingerprint density at radius 2 is 1.41 bits per heavy atom. The van der Waals surface area contributed by atoms with E-state index in [9.17, 15) is 0 Å². The summed E-state index contributed by atoms with van der Waals surface area (Å²) in [6.07, 6.45) is 5.29. The third-order valence-corrected chi connectivity index (χ3v) is 2.13. The third kappa shape index (κ3) is 14.1. The summed E-state index contributed by atoms with van der Waals surface area (Å²) in [6.45, 7) is 3.34. The Hall–Kier alpha value is 0.180. The van der Waals surface area contributed by atoms with Crippen LogP contribution in [-0.2, 0) is 0 Å². The zero-order valence-corrected chi connectivity index (χ0v) is 13.3. The molecule has 1 N–H and O–H groups in total. The molecule has 0 unspecified atom stereocenters. The van der Waals surface area contributed by atoms with Crippen LogP contribution in [0.2, 0.25) is 0 Å². The topological polar surface area (TPSA) is 12.0 Å². The summed E-state index contributed by atoms with van der Waals surface area (Å²) in [7, 11) is 0. The molecule has 1 aromatic rings. The molecule has 1 aromatic carbocycles. The van der Waals surface area contributed by atoms with Gasteiger partial charge < -0.3 is 5.32 Å². The van der Waals surface area contributed by atoms with Crippen LogP contribution in [0.25, 0.3) is 0 Å². The molecule has 5 heteroatoms. The molecule has 104 valence electrons. The Morgan fingerprint density at radius 3 is 1.94 bits per heavy atom. The first-order valence-corrected chi connectivity index (χ1v) is 5.22. The predicted octanol–water partition coefficient (Wildman–Crippen LogP) is 5.37. The van der Waals surface area contributed by atoms with E-state index in [1.807, 2.05) is 6.07 Å². The van der Waals surface area contributed by atoms with Gasteiger partial charge in [0.1, 0.15) is 0 Å². The number of anilines is 1. The highest BCUT2D eigenvalue weighted by molar-refractivity contribution is 5.86. The van der Waals surface area contributed by atoms with Crippen molar-refractivity contribution in [3.05, 3.63) is 30.3 Å². The molecule has 0 aliphatic heterocycles. The second-order valence-electron chi connectivity index (χ2n) is 3.35. The van der Waals surface area contributed by atoms with E-state index < -0.39 is 0 Å². The van der Waals surface area contributed by atoms with Gasteiger partial charge in [0.05, 0.1) is 0 Å². The van der Waals surface area contributed by atoms with Crippen molar-refractivity contribution in [1.82, 2.24) is 0 Å². The molecular weight excluding hydrogens is 300 g/mol. The lowest BCUT2D eigenvalue weighted by Gasteiger charge is -2.04. The van der Waals surface area contributed by atoms with Gasteiger partial charge in [0.2, 0.25) is 0 Å². The molecule has 0 heterocycles. The summed E-state index contributed by atoms with van der Waals surface area (Å²) < 4.78 is 0. The molecule has 0 saturated carbocycles. The zero-order chi connectivity index (χ0) is 9.36. The number of hydrogen-bond donors (Lipinski definition) is 1. The number of rotatable bonds is 6. The Kier molecular flexibility index (Phi) is 28.2. The van der Waals surface area contributed by atoms with Crippen molar-refractivity contribution in [1.29, 1.82) is 0 Å². The van der Waals surface area contributed by atoms with E-state index in [0.29, 0.717) is 0 Å². The Bertz CT molecular complexity index is 219. The molecule has 0 spiro atoms. The molecule has 0 saturated heterocycles. The van der Waals surface area contributed by atoms with Crippen molar-refractivity contribution >= 4 is 55.3 Å². The van der Waals surface area contributed by atoms with Crippen LogP contribution >= 0.6 is 49.6 Å². The fourth-order valence-corrected chi connectivity index (χ4v) is 1.34. The number of nitrogens with one attached hydrogen (secondary N) is 1. The largest absolute Gasteiger partial charge is 0.385 e. The van der Waals surface area contributed by atoms with Gasteiger partial charge >= 0.3 is 0 Å². The smallest absolute Gasteiger partial charge is 0.0340 e. The second-order valence-corrected chi connectivity index (χ2v) is 3.35. The standard InChI is InChI=1S/C12H19N.4ClH/c1-2-3-4-8-11-13-12-9-6-5-7-10-12;;;;/h5-7,9-10,13H,2-4,8,11H2,1H3;4*1H. The van der Waals surface area contributed by atoms with Gasteiger partial charge in [-0.1, -0.05) is 44.4 Å². The summed E-state index contributed by atoms with van der Waals surface area (Å²) in [4.78, 5) is 0. The Morgan fingerprint density at radius 1 is 0.824 bits per heavy atom. The van der Waals surface area contributed by atoms with Gasteiger partial charge in [-0.3, -0.25) is 0 Å². The van der Waals surface area contributed by atoms with E-state index in [0.717, 1.165) is 6.54 Å². The molecule has 0 aliphatic carbocycles. The van der Waals surface area contributed by atoms with Crippen LogP contribution in [0.15, 0.2) is 30.3 Å². The third-order valence-electron chi connectivity index (χ3n) is 2.13. The lowest BCUT2D eigenvalue weighted by Crippen LogP contribution is -2.00. The normalized spacial score (nSPS) is 7.59. The summed E-state index contributed by atoms with van der Waals surface area (Å²) >= 11 is 0. The van der Waals surface area contributed by atoms with Crippen molar-refractivity contribution in [3.63, 3.8) is 0 Å². The van der Waals surface area contributed by atoms with Gasteiger partial charge in [0.15, 0.2) is 0 Å². The molecule has 0 fully saturated rings. The Balaban J connectivity index is -0.000000211. The van der Waals surface area contributed by atoms with Crippen LogP contribution in [0.4, 0.5) is 5.69 Å². The van der Waals surface area contributed by atoms with E-state index in [1.54, 1.807) is 0 Å². The number of unbranched alkanes of at least 4 members (excludes halogenated alkanes) is 3. The summed E-state index contributed by atoms with van der Waals surface area (Å²) in [5.41, 5.74) is 1.24. The van der Waals surface area contributed by atoms with Crippen molar-refractivity contribution in [2.24, 2.45) is 0 Å². The first-order valence-electron chi connectivity index (χ1n) is 5.22. The monoisotopic (exact) mass is 321 g/mol. The molecule has 0 bridgehead atoms. The first kappa shape index (κ1) is 25.9. The maximum absolute atomic E-state index is 3.40. The summed E-state index contributed by atoms with van der Waals surface area (Å²) in [6, 6.07) is 10.4. The summed E-state index contributed by atoms with van der Waals surface area (Å²) in [5.74, 6) is 0. The van der Waals surface area contributed by atoms with Gasteiger partial charge in [-0.2, -0.15) is 0 Å². The molecule has 0 amide bonds. The van der Waals surface area contributed by atoms with Crippen LogP contribution in [0.1, 0.15) is 32.6 Å². The van der Waals surface area contributed by atoms with Crippen LogP contribution < -0.4 is 5.32 Å². The lowest BCUT2D eigenvalue weighted by molar-refractivity contribution is 0.685. The number of hydrogen-bond acceptors (Lipinski definition) is 1. The molecular formula is C12H23Cl4N. The minimum atomic E-state index is 0. The molecule has 17 heavy (non-hydrogen) atoms. The van der Waals surface area contributed by atoms with Crippen LogP contribution in [-0.4, -0.2) is 6.54 Å². The number of para-hydroxylation sites is 1. The van der Waals surface area contributed by atoms with Crippen LogP contribution in [0, 0.1) is 0 Å². The predicted molar refractivity (Wildman–Crippen MR) is 88.1 cm³/mol. The van der Waals surface area contributed by atoms with Crippen molar-refractivity contribution in [2.75, 3.05) is 11.9 Å². The second kappa shape index (κ2) is 18.5. The maximum atomic E-state index is 3.40. The highest BCUT2D eigenvalue weighted by atomic mass is 35.5. The fourth-order valence-electron chi connectivity index (χ4n) is 1.34. The average molecular weight is 323 g/mol. The molecule has 1 nitrogen and oxygen atoms in total. The molecule has 0 radical (unpaired) electrons. The van der Waals surface area contributed by atoms with Gasteiger partial charge in [-0.25, -0.2) is 0 Å². The quantitative estimate of drug-likeness (QED) is 0.694. The highest BCUT2D eigenvalue weighted by Crippen LogP contribution is 2.05. The first-order chi connectivity index (χ1) is 6.43. The molecule has 0 atom stereocenters. The molecule has 1 rings (SSSR count). The van der Waals surface area contributed by atoms with E-state index >= 15 is 0 Å². The maximum Gasteiger partial charge on any atom is 0.0340 e. The van der Waals surface area contributed by atoms with Gasteiger partial charge in [-0.05, 0) is 18.6 Å². The molecule has 0 aromatic heterocycles. The van der Waals surface area contributed by atoms with E-state index in [1.165, 1.54) is 31.4 Å². The highest BCUT2D eigenvalue weighted by Gasteiger charge is 1.89. The van der Waals surface area contributed by atoms with Crippen molar-refractivity contribution in [3.8, 4) is 0 Å². The van der Waals surface area contributed by atoms with E-state index in [2.05, 4.69) is 36.5 Å². The van der Waals surface area contributed by atoms with E-state index in [4.69, 9.17) is 0 Å². The summed E-state index contributed by atoms with van der Waals surface area (Å²) in [5, 5.41) is 3.40. The van der Waals surface area contributed by atoms with Crippen molar-refractivity contribution in [2.45, 2.75) is 32.6 Å². The number of benzene rings is 1. The fraction of sp³-hybridized carbons (Fsp3) is 0.500. The number of halogens is 4. The van der Waals surface area contributed by atoms with Gasteiger partial charge in [-0.15, -0.1) is 49.6 Å². The molecule has 0 aliphatic rings. The van der Waals surface area contributed by atoms with Crippen LogP contribution in [0.5, 0.6) is 0 Å². The van der Waals surface area contributed by atoms with E-state index in [-0.39, 0.29) is 49.6 Å². The minimum absolute atomic E-state index is 0. The average Bonchev–Trinajstić information content (AvgIpc) is 2.19. The van der Waals surface area contributed by atoms with Gasteiger partial charge in [0, 0.05) is 12.2 Å². The lowest BCUT2D eigenvalue weighted by atomic mass is 10.2. The zero-order valence-electron chi connectivity index (χ0n) is 10.1.